The van der Waals surface area contributed by atoms with Gasteiger partial charge in [0.1, 0.15) is 11.3 Å². The number of oxazole rings is 1. The van der Waals surface area contributed by atoms with E-state index >= 15 is 0 Å². The normalized spacial score (nSPS) is 12.8. The van der Waals surface area contributed by atoms with Crippen molar-refractivity contribution in [2.24, 2.45) is 0 Å². The van der Waals surface area contributed by atoms with Crippen LogP contribution in [0.1, 0.15) is 39.1 Å². The third kappa shape index (κ3) is 4.04. The number of aromatic nitrogens is 1. The van der Waals surface area contributed by atoms with Crippen molar-refractivity contribution in [2.45, 2.75) is 46.1 Å². The van der Waals surface area contributed by atoms with Gasteiger partial charge in [0.15, 0.2) is 17.6 Å². The fraction of sp³-hybridized carbons (Fsp3) is 0.333. The topological polar surface area (TPSA) is 64.4 Å². The molecule has 0 fully saturated rings. The van der Waals surface area contributed by atoms with Crippen LogP contribution in [0.5, 0.6) is 5.75 Å². The number of ether oxygens (including phenoxy) is 1. The molecule has 0 bridgehead atoms. The molecule has 1 atom stereocenters. The smallest absolute Gasteiger partial charge is 0.265 e. The van der Waals surface area contributed by atoms with Crippen LogP contribution < -0.4 is 10.1 Å². The molecule has 1 heterocycles. The molecule has 0 spiro atoms. The maximum absolute atomic E-state index is 12.5. The molecule has 0 unspecified atom stereocenters. The molecule has 136 valence electrons. The van der Waals surface area contributed by atoms with E-state index in [0.29, 0.717) is 22.9 Å². The molecule has 1 amide bonds. The number of hydrogen-bond donors (Lipinski definition) is 1. The summed E-state index contributed by atoms with van der Waals surface area (Å²) in [5, 5.41) is 2.86. The summed E-state index contributed by atoms with van der Waals surface area (Å²) in [7, 11) is 0. The van der Waals surface area contributed by atoms with Gasteiger partial charge in [-0.05, 0) is 42.2 Å². The molecule has 5 nitrogen and oxygen atoms in total. The van der Waals surface area contributed by atoms with Gasteiger partial charge in [0.25, 0.3) is 5.91 Å². The fourth-order valence-corrected chi connectivity index (χ4v) is 2.66. The lowest BCUT2D eigenvalue weighted by Gasteiger charge is -2.21. The molecule has 0 saturated carbocycles. The highest BCUT2D eigenvalue weighted by Crippen LogP contribution is 2.26. The SMILES string of the molecule is Cc1nc2ccc(NC(=O)[C@H](C)Oc3cccc(C(C)(C)C)c3)cc2o1. The van der Waals surface area contributed by atoms with E-state index in [9.17, 15) is 4.79 Å². The molecule has 5 heteroatoms. The molecular weight excluding hydrogens is 328 g/mol. The van der Waals surface area contributed by atoms with Gasteiger partial charge in [0.05, 0.1) is 0 Å². The van der Waals surface area contributed by atoms with Gasteiger partial charge in [-0.3, -0.25) is 4.79 Å². The second kappa shape index (κ2) is 6.83. The number of nitrogens with zero attached hydrogens (tertiary/aromatic N) is 1. The Morgan fingerprint density at radius 1 is 1.19 bits per heavy atom. The Kier molecular flexibility index (Phi) is 4.72. The van der Waals surface area contributed by atoms with Gasteiger partial charge in [-0.25, -0.2) is 4.98 Å². The van der Waals surface area contributed by atoms with Crippen molar-refractivity contribution in [3.63, 3.8) is 0 Å². The van der Waals surface area contributed by atoms with E-state index in [2.05, 4.69) is 37.1 Å². The Morgan fingerprint density at radius 3 is 2.69 bits per heavy atom. The van der Waals surface area contributed by atoms with Gasteiger partial charge >= 0.3 is 0 Å². The minimum absolute atomic E-state index is 0.0233. The van der Waals surface area contributed by atoms with Gasteiger partial charge < -0.3 is 14.5 Å². The summed E-state index contributed by atoms with van der Waals surface area (Å²) >= 11 is 0. The monoisotopic (exact) mass is 352 g/mol. The van der Waals surface area contributed by atoms with E-state index in [1.54, 1.807) is 26.0 Å². The highest BCUT2D eigenvalue weighted by atomic mass is 16.5. The number of amides is 1. The zero-order valence-electron chi connectivity index (χ0n) is 15.8. The Hall–Kier alpha value is -2.82. The summed E-state index contributed by atoms with van der Waals surface area (Å²) in [4.78, 5) is 16.7. The molecule has 0 aliphatic heterocycles. The van der Waals surface area contributed by atoms with E-state index in [1.807, 2.05) is 24.3 Å². The lowest BCUT2D eigenvalue weighted by atomic mass is 9.87. The Labute approximate surface area is 153 Å². The van der Waals surface area contributed by atoms with Crippen molar-refractivity contribution in [1.29, 1.82) is 0 Å². The summed E-state index contributed by atoms with van der Waals surface area (Å²) in [6.45, 7) is 9.95. The van der Waals surface area contributed by atoms with Crippen LogP contribution in [0.2, 0.25) is 0 Å². The van der Waals surface area contributed by atoms with Crippen molar-refractivity contribution < 1.29 is 13.9 Å². The summed E-state index contributed by atoms with van der Waals surface area (Å²) < 4.78 is 11.3. The van der Waals surface area contributed by atoms with Gasteiger partial charge in [-0.1, -0.05) is 32.9 Å². The second-order valence-corrected chi connectivity index (χ2v) is 7.44. The molecule has 3 aromatic rings. The lowest BCUT2D eigenvalue weighted by molar-refractivity contribution is -0.122. The maximum atomic E-state index is 12.5. The van der Waals surface area contributed by atoms with Crippen LogP contribution >= 0.6 is 0 Å². The standard InChI is InChI=1S/C21H24N2O3/c1-13(25-17-8-6-7-15(11-17)21(3,4)5)20(24)23-16-9-10-18-19(12-16)26-14(2)22-18/h6-13H,1-5H3,(H,23,24)/t13-/m0/s1. The molecular formula is C21H24N2O3. The summed E-state index contributed by atoms with van der Waals surface area (Å²) in [5.74, 6) is 1.06. The van der Waals surface area contributed by atoms with Crippen LogP contribution in [0.15, 0.2) is 46.9 Å². The van der Waals surface area contributed by atoms with Crippen LogP contribution in [0.25, 0.3) is 11.1 Å². The number of anilines is 1. The minimum atomic E-state index is -0.627. The zero-order chi connectivity index (χ0) is 18.9. The highest BCUT2D eigenvalue weighted by Gasteiger charge is 2.18. The molecule has 26 heavy (non-hydrogen) atoms. The first-order valence-corrected chi connectivity index (χ1v) is 8.67. The number of benzene rings is 2. The van der Waals surface area contributed by atoms with Crippen LogP contribution in [-0.2, 0) is 10.2 Å². The van der Waals surface area contributed by atoms with Crippen LogP contribution in [0.4, 0.5) is 5.69 Å². The third-order valence-corrected chi connectivity index (χ3v) is 4.15. The average molecular weight is 352 g/mol. The summed E-state index contributed by atoms with van der Waals surface area (Å²) in [6, 6.07) is 13.2. The predicted octanol–water partition coefficient (Wildman–Crippen LogP) is 4.84. The van der Waals surface area contributed by atoms with Crippen LogP contribution in [-0.4, -0.2) is 17.0 Å². The average Bonchev–Trinajstić information content (AvgIpc) is 2.93. The largest absolute Gasteiger partial charge is 0.481 e. The molecule has 0 radical (unpaired) electrons. The summed E-state index contributed by atoms with van der Waals surface area (Å²) in [5.41, 5.74) is 3.25. The lowest BCUT2D eigenvalue weighted by Crippen LogP contribution is -2.30. The first-order valence-electron chi connectivity index (χ1n) is 8.67. The number of hydrogen-bond acceptors (Lipinski definition) is 4. The quantitative estimate of drug-likeness (QED) is 0.730. The molecule has 1 N–H and O–H groups in total. The van der Waals surface area contributed by atoms with Crippen LogP contribution in [0.3, 0.4) is 0 Å². The van der Waals surface area contributed by atoms with E-state index in [0.717, 1.165) is 11.1 Å². The highest BCUT2D eigenvalue weighted by molar-refractivity contribution is 5.95. The number of rotatable bonds is 4. The number of aryl methyl sites for hydroxylation is 1. The molecule has 0 aliphatic rings. The minimum Gasteiger partial charge on any atom is -0.481 e. The number of carbonyl (C=O) groups excluding carboxylic acids is 1. The molecule has 1 aromatic heterocycles. The zero-order valence-corrected chi connectivity index (χ0v) is 15.8. The Bertz CT molecular complexity index is 938. The van der Waals surface area contributed by atoms with E-state index in [4.69, 9.17) is 9.15 Å². The van der Waals surface area contributed by atoms with E-state index in [-0.39, 0.29) is 11.3 Å². The fourth-order valence-electron chi connectivity index (χ4n) is 2.66. The summed E-state index contributed by atoms with van der Waals surface area (Å²) in [6.07, 6.45) is -0.627. The van der Waals surface area contributed by atoms with Crippen molar-refractivity contribution in [2.75, 3.05) is 5.32 Å². The number of fused-ring (bicyclic) bond motifs is 1. The van der Waals surface area contributed by atoms with Gasteiger partial charge in [0, 0.05) is 18.7 Å². The van der Waals surface area contributed by atoms with Crippen molar-refractivity contribution in [3.05, 3.63) is 53.9 Å². The van der Waals surface area contributed by atoms with E-state index in [1.165, 1.54) is 0 Å². The molecule has 3 rings (SSSR count). The second-order valence-electron chi connectivity index (χ2n) is 7.44. The van der Waals surface area contributed by atoms with Crippen molar-refractivity contribution in [3.8, 4) is 5.75 Å². The number of carbonyl (C=O) groups is 1. The van der Waals surface area contributed by atoms with Gasteiger partial charge in [-0.15, -0.1) is 0 Å². The van der Waals surface area contributed by atoms with Crippen LogP contribution in [0, 0.1) is 6.92 Å². The van der Waals surface area contributed by atoms with Crippen molar-refractivity contribution in [1.82, 2.24) is 4.98 Å². The van der Waals surface area contributed by atoms with Gasteiger partial charge in [0.2, 0.25) is 0 Å². The first kappa shape index (κ1) is 18.0. The molecule has 2 aromatic carbocycles. The third-order valence-electron chi connectivity index (χ3n) is 4.15. The number of nitrogens with one attached hydrogen (secondary N) is 1. The van der Waals surface area contributed by atoms with Gasteiger partial charge in [-0.2, -0.15) is 0 Å². The molecule has 0 aliphatic carbocycles. The van der Waals surface area contributed by atoms with Crippen molar-refractivity contribution >= 4 is 22.7 Å². The maximum Gasteiger partial charge on any atom is 0.265 e. The molecule has 0 saturated heterocycles. The first-order chi connectivity index (χ1) is 12.2. The Balaban J connectivity index is 1.69. The van der Waals surface area contributed by atoms with E-state index < -0.39 is 6.10 Å². The Morgan fingerprint density at radius 2 is 1.96 bits per heavy atom. The predicted molar refractivity (Wildman–Crippen MR) is 103 cm³/mol.